The van der Waals surface area contributed by atoms with Crippen molar-refractivity contribution >= 4 is 8.81 Å². The van der Waals surface area contributed by atoms with E-state index in [9.17, 15) is 4.39 Å². The fourth-order valence-electron chi connectivity index (χ4n) is 0.112. The van der Waals surface area contributed by atoms with Gasteiger partial charge in [0, 0.05) is 0 Å². The average Bonchev–Trinajstić information content (AvgIpc) is 1.61. The van der Waals surface area contributed by atoms with E-state index in [1.165, 1.54) is 6.08 Å². The maximum atomic E-state index is 10.9. The van der Waals surface area contributed by atoms with Gasteiger partial charge in [-0.3, -0.25) is 4.89 Å². The number of hydrogen-bond acceptors (Lipinski definition) is 1. The Hall–Kier alpha value is 0.0600. The number of hydrogen-bond donors (Lipinski definition) is 1. The lowest BCUT2D eigenvalue weighted by molar-refractivity contribution is 0.647. The van der Waals surface area contributed by atoms with Crippen LogP contribution in [0.4, 0.5) is 4.39 Å². The van der Waals surface area contributed by atoms with Gasteiger partial charge in [0.25, 0.3) is 0 Å². The van der Waals surface area contributed by atoms with E-state index in [2.05, 4.69) is 0 Å². The third-order valence-electron chi connectivity index (χ3n) is 0.331. The molecule has 0 aromatic carbocycles. The quantitative estimate of drug-likeness (QED) is 0.519. The first-order chi connectivity index (χ1) is 2.91. The predicted octanol–water partition coefficient (Wildman–Crippen LogP) is 0.788. The molecule has 0 aliphatic rings. The molecular formula is C3H7FOP+. The molecule has 0 aromatic heterocycles. The van der Waals surface area contributed by atoms with E-state index in [1.54, 1.807) is 0 Å². The Balaban J connectivity index is 2.66. The van der Waals surface area contributed by atoms with Gasteiger partial charge < -0.3 is 0 Å². The maximum absolute atomic E-state index is 10.9. The third-order valence-corrected chi connectivity index (χ3v) is 0.814. The lowest BCUT2D eigenvalue weighted by atomic mass is 10.7. The van der Waals surface area contributed by atoms with Gasteiger partial charge in [-0.2, -0.15) is 0 Å². The molecule has 0 rings (SSSR count). The molecule has 3 heteroatoms. The van der Waals surface area contributed by atoms with Gasteiger partial charge in [-0.1, -0.05) is 0 Å². The van der Waals surface area contributed by atoms with Crippen molar-refractivity contribution in [3.8, 4) is 0 Å². The zero-order chi connectivity index (χ0) is 4.83. The summed E-state index contributed by atoms with van der Waals surface area (Å²) >= 11 is 0. The molecule has 1 unspecified atom stereocenters. The summed E-state index contributed by atoms with van der Waals surface area (Å²) in [5.74, 6) is 0. The van der Waals surface area contributed by atoms with Crippen molar-refractivity contribution in [2.75, 3.05) is 6.16 Å². The summed E-state index contributed by atoms with van der Waals surface area (Å²) < 4.78 is 10.9. The molecule has 36 valence electrons. The van der Waals surface area contributed by atoms with Crippen molar-refractivity contribution in [1.29, 1.82) is 0 Å². The van der Waals surface area contributed by atoms with Crippen LogP contribution in [0.25, 0.3) is 0 Å². The molecule has 0 spiro atoms. The third kappa shape index (κ3) is 4.06. The first-order valence-corrected chi connectivity index (χ1v) is 2.96. The molecule has 1 N–H and O–H groups in total. The first-order valence-electron chi connectivity index (χ1n) is 1.63. The van der Waals surface area contributed by atoms with Crippen LogP contribution >= 0.6 is 8.81 Å². The summed E-state index contributed by atoms with van der Waals surface area (Å²) in [4.78, 5) is 8.06. The number of allylic oxidation sites excluding steroid dienone is 1. The smallest absolute Gasteiger partial charge is 0.120 e. The molecule has 0 saturated carbocycles. The minimum atomic E-state index is -0.543. The lowest BCUT2D eigenvalue weighted by Crippen LogP contribution is -1.57. The van der Waals surface area contributed by atoms with E-state index >= 15 is 0 Å². The van der Waals surface area contributed by atoms with Crippen LogP contribution in [0, 0.1) is 0 Å². The summed E-state index contributed by atoms with van der Waals surface area (Å²) in [7, 11) is -0.543. The van der Waals surface area contributed by atoms with Crippen molar-refractivity contribution in [1.82, 2.24) is 0 Å². The van der Waals surface area contributed by atoms with Gasteiger partial charge in [0.15, 0.2) is 0 Å². The van der Waals surface area contributed by atoms with E-state index in [1.807, 2.05) is 0 Å². The second-order valence-electron chi connectivity index (χ2n) is 0.780. The molecule has 1 nitrogen and oxygen atoms in total. The van der Waals surface area contributed by atoms with Crippen LogP contribution in [0.3, 0.4) is 0 Å². The van der Waals surface area contributed by atoms with Crippen molar-refractivity contribution in [2.24, 2.45) is 0 Å². The zero-order valence-corrected chi connectivity index (χ0v) is 4.42. The molecule has 0 radical (unpaired) electrons. The number of halogens is 1. The van der Waals surface area contributed by atoms with Crippen LogP contribution < -0.4 is 0 Å². The summed E-state index contributed by atoms with van der Waals surface area (Å²) in [6.07, 6.45) is 2.25. The summed E-state index contributed by atoms with van der Waals surface area (Å²) in [6, 6.07) is 0. The van der Waals surface area contributed by atoms with Crippen LogP contribution in [0.2, 0.25) is 0 Å². The highest BCUT2D eigenvalue weighted by Crippen LogP contribution is 1.98. The van der Waals surface area contributed by atoms with Crippen LogP contribution in [0.1, 0.15) is 0 Å². The average molecular weight is 109 g/mol. The second-order valence-corrected chi connectivity index (χ2v) is 1.62. The Labute approximate surface area is 37.7 Å². The van der Waals surface area contributed by atoms with Gasteiger partial charge in [0.1, 0.15) is 15.0 Å². The Bertz CT molecular complexity index is 46.1. The fraction of sp³-hybridized carbons (Fsp3) is 0.333. The van der Waals surface area contributed by atoms with Crippen molar-refractivity contribution < 1.29 is 9.28 Å². The normalized spacial score (nSPS) is 12.3. The summed E-state index contributed by atoms with van der Waals surface area (Å²) in [6.45, 7) is 0. The van der Waals surface area contributed by atoms with Crippen molar-refractivity contribution in [3.05, 3.63) is 12.4 Å². The molecule has 0 amide bonds. The van der Waals surface area contributed by atoms with E-state index in [4.69, 9.17) is 4.89 Å². The Morgan fingerprint density at radius 3 is 2.67 bits per heavy atom. The fourth-order valence-corrected chi connectivity index (χ4v) is 0.337. The Morgan fingerprint density at radius 1 is 1.83 bits per heavy atom. The van der Waals surface area contributed by atoms with Crippen molar-refractivity contribution in [3.63, 3.8) is 0 Å². The minimum Gasteiger partial charge on any atom is -0.256 e. The molecule has 0 saturated heterocycles. The largest absolute Gasteiger partial charge is 0.256 e. The maximum Gasteiger partial charge on any atom is 0.120 e. The highest BCUT2D eigenvalue weighted by atomic mass is 31.1. The summed E-state index contributed by atoms with van der Waals surface area (Å²) in [5, 5.41) is 0. The SMILES string of the molecule is O[PH2+]CC=CF. The van der Waals surface area contributed by atoms with Crippen LogP contribution in [-0.4, -0.2) is 11.1 Å². The molecule has 0 aliphatic heterocycles. The van der Waals surface area contributed by atoms with Crippen LogP contribution in [0.5, 0.6) is 0 Å². The molecule has 0 aromatic rings. The predicted molar refractivity (Wildman–Crippen MR) is 27.0 cm³/mol. The number of rotatable bonds is 2. The molecule has 0 aliphatic carbocycles. The zero-order valence-electron chi connectivity index (χ0n) is 3.26. The van der Waals surface area contributed by atoms with Crippen molar-refractivity contribution in [2.45, 2.75) is 0 Å². The van der Waals surface area contributed by atoms with Gasteiger partial charge in [-0.05, 0) is 6.08 Å². The molecule has 0 heterocycles. The van der Waals surface area contributed by atoms with Gasteiger partial charge in [0.2, 0.25) is 0 Å². The van der Waals surface area contributed by atoms with Gasteiger partial charge in [0.05, 0.1) is 6.33 Å². The van der Waals surface area contributed by atoms with E-state index in [0.29, 0.717) is 12.5 Å². The monoisotopic (exact) mass is 109 g/mol. The first kappa shape index (κ1) is 6.06. The standard InChI is InChI=1S/C3H6FOP/c4-2-1-3-6-5/h1-2,5-6H,3H2/p+1. The molecule has 0 fully saturated rings. The van der Waals surface area contributed by atoms with Gasteiger partial charge >= 0.3 is 0 Å². The topological polar surface area (TPSA) is 20.2 Å². The summed E-state index contributed by atoms with van der Waals surface area (Å²) in [5.41, 5.74) is 0. The molecule has 1 atom stereocenters. The highest BCUT2D eigenvalue weighted by molar-refractivity contribution is 7.31. The lowest BCUT2D eigenvalue weighted by Gasteiger charge is -1.67. The van der Waals surface area contributed by atoms with Gasteiger partial charge in [-0.15, -0.1) is 0 Å². The van der Waals surface area contributed by atoms with Gasteiger partial charge in [-0.25, -0.2) is 4.39 Å². The van der Waals surface area contributed by atoms with Crippen LogP contribution in [0.15, 0.2) is 12.4 Å². The van der Waals surface area contributed by atoms with E-state index in [-0.39, 0.29) is 0 Å². The Morgan fingerprint density at radius 2 is 2.50 bits per heavy atom. The van der Waals surface area contributed by atoms with Crippen LogP contribution in [-0.2, 0) is 0 Å². The Kier molecular flexibility index (Phi) is 5.11. The molecule has 6 heavy (non-hydrogen) atoms. The highest BCUT2D eigenvalue weighted by Gasteiger charge is 1.75. The molecule has 0 bridgehead atoms. The second kappa shape index (κ2) is 5.06. The molecular weight excluding hydrogens is 102 g/mol. The minimum absolute atomic E-state index is 0.448. The van der Waals surface area contributed by atoms with E-state index < -0.39 is 8.81 Å². The van der Waals surface area contributed by atoms with E-state index in [0.717, 1.165) is 0 Å².